The average Bonchev–Trinajstić information content (AvgIpc) is 2.34. The normalized spacial score (nSPS) is 9.88. The first-order valence-corrected chi connectivity index (χ1v) is 6.46. The van der Waals surface area contributed by atoms with Crippen molar-refractivity contribution in [3.63, 3.8) is 0 Å². The molecule has 16 heavy (non-hydrogen) atoms. The minimum Gasteiger partial charge on any atom is -0.493 e. The van der Waals surface area contributed by atoms with Crippen LogP contribution in [0.2, 0.25) is 0 Å². The molecule has 3 nitrogen and oxygen atoms in total. The topological polar surface area (TPSA) is 35.5 Å². The molecule has 0 spiro atoms. The number of methoxy groups -OCH3 is 1. The molecule has 0 aliphatic heterocycles. The van der Waals surface area contributed by atoms with Crippen molar-refractivity contribution < 1.29 is 14.3 Å². The molecule has 4 heteroatoms. The van der Waals surface area contributed by atoms with Crippen molar-refractivity contribution in [1.29, 1.82) is 0 Å². The smallest absolute Gasteiger partial charge is 0.161 e. The van der Waals surface area contributed by atoms with E-state index >= 15 is 0 Å². The van der Waals surface area contributed by atoms with E-state index in [0.29, 0.717) is 23.7 Å². The van der Waals surface area contributed by atoms with Gasteiger partial charge < -0.3 is 9.47 Å². The standard InChI is InChI=1S/C12H16O3S/c1-14-12-8-10(9-13)4-5-11(12)15-6-3-7-16-2/h4-5,8-9H,3,6-7H2,1-2H3. The number of hydrogen-bond acceptors (Lipinski definition) is 4. The van der Waals surface area contributed by atoms with Crippen molar-refractivity contribution >= 4 is 18.0 Å². The van der Waals surface area contributed by atoms with Crippen LogP contribution in [0.1, 0.15) is 16.8 Å². The maximum absolute atomic E-state index is 10.6. The van der Waals surface area contributed by atoms with Crippen LogP contribution in [0, 0.1) is 0 Å². The summed E-state index contributed by atoms with van der Waals surface area (Å²) in [5.74, 6) is 2.37. The quantitative estimate of drug-likeness (QED) is 0.542. The van der Waals surface area contributed by atoms with E-state index in [1.54, 1.807) is 37.1 Å². The number of ether oxygens (including phenoxy) is 2. The van der Waals surface area contributed by atoms with Gasteiger partial charge in [0, 0.05) is 5.56 Å². The summed E-state index contributed by atoms with van der Waals surface area (Å²) in [6.45, 7) is 0.664. The largest absolute Gasteiger partial charge is 0.493 e. The minimum absolute atomic E-state index is 0.591. The maximum atomic E-state index is 10.6. The maximum Gasteiger partial charge on any atom is 0.161 e. The van der Waals surface area contributed by atoms with Gasteiger partial charge in [0.15, 0.2) is 11.5 Å². The lowest BCUT2D eigenvalue weighted by molar-refractivity contribution is 0.112. The molecule has 0 saturated heterocycles. The number of aldehydes is 1. The van der Waals surface area contributed by atoms with Gasteiger partial charge in [0.05, 0.1) is 13.7 Å². The lowest BCUT2D eigenvalue weighted by Crippen LogP contribution is -2.00. The van der Waals surface area contributed by atoms with Gasteiger partial charge in [-0.25, -0.2) is 0 Å². The van der Waals surface area contributed by atoms with Crippen molar-refractivity contribution in [2.75, 3.05) is 25.7 Å². The van der Waals surface area contributed by atoms with Gasteiger partial charge in [-0.15, -0.1) is 0 Å². The van der Waals surface area contributed by atoms with Crippen LogP contribution in [0.5, 0.6) is 11.5 Å². The molecule has 0 unspecified atom stereocenters. The molecule has 0 radical (unpaired) electrons. The van der Waals surface area contributed by atoms with Gasteiger partial charge in [-0.3, -0.25) is 4.79 Å². The molecule has 0 bridgehead atoms. The summed E-state index contributed by atoms with van der Waals surface area (Å²) in [5.41, 5.74) is 0.591. The van der Waals surface area contributed by atoms with Crippen molar-refractivity contribution in [3.05, 3.63) is 23.8 Å². The Bertz CT molecular complexity index is 339. The minimum atomic E-state index is 0.591. The van der Waals surface area contributed by atoms with Crippen molar-refractivity contribution in [1.82, 2.24) is 0 Å². The number of rotatable bonds is 7. The van der Waals surface area contributed by atoms with Gasteiger partial charge in [-0.1, -0.05) is 0 Å². The Morgan fingerprint density at radius 1 is 1.38 bits per heavy atom. The first-order chi connectivity index (χ1) is 7.81. The van der Waals surface area contributed by atoms with Gasteiger partial charge in [0.25, 0.3) is 0 Å². The van der Waals surface area contributed by atoms with E-state index in [1.807, 2.05) is 0 Å². The summed E-state index contributed by atoms with van der Waals surface area (Å²) in [7, 11) is 1.57. The summed E-state index contributed by atoms with van der Waals surface area (Å²) in [5, 5.41) is 0. The molecule has 1 aromatic carbocycles. The summed E-state index contributed by atoms with van der Waals surface area (Å²) >= 11 is 1.80. The monoisotopic (exact) mass is 240 g/mol. The van der Waals surface area contributed by atoms with Crippen LogP contribution in [-0.4, -0.2) is 32.0 Å². The molecule has 88 valence electrons. The molecule has 0 aliphatic rings. The second-order valence-corrected chi connectivity index (χ2v) is 4.21. The Kier molecular flexibility index (Phi) is 5.78. The molecule has 1 aromatic rings. The molecule has 0 aromatic heterocycles. The highest BCUT2D eigenvalue weighted by Crippen LogP contribution is 2.27. The van der Waals surface area contributed by atoms with Crippen LogP contribution in [0.25, 0.3) is 0 Å². The molecule has 0 fully saturated rings. The first kappa shape index (κ1) is 12.9. The lowest BCUT2D eigenvalue weighted by atomic mass is 10.2. The molecule has 1 rings (SSSR count). The number of carbonyl (C=O) groups excluding carboxylic acids is 1. The fraction of sp³-hybridized carbons (Fsp3) is 0.417. The lowest BCUT2D eigenvalue weighted by Gasteiger charge is -2.10. The van der Waals surface area contributed by atoms with Crippen molar-refractivity contribution in [2.45, 2.75) is 6.42 Å². The van der Waals surface area contributed by atoms with E-state index in [-0.39, 0.29) is 0 Å². The summed E-state index contributed by atoms with van der Waals surface area (Å²) < 4.78 is 10.7. The van der Waals surface area contributed by atoms with E-state index < -0.39 is 0 Å². The predicted octanol–water partition coefficient (Wildman–Crippen LogP) is 2.64. The predicted molar refractivity (Wildman–Crippen MR) is 66.9 cm³/mol. The summed E-state index contributed by atoms with van der Waals surface area (Å²) in [6, 6.07) is 5.16. The number of benzene rings is 1. The van der Waals surface area contributed by atoms with Crippen LogP contribution in [0.3, 0.4) is 0 Å². The zero-order chi connectivity index (χ0) is 11.8. The van der Waals surface area contributed by atoms with E-state index in [2.05, 4.69) is 6.26 Å². The van der Waals surface area contributed by atoms with E-state index in [4.69, 9.17) is 9.47 Å². The molecular formula is C12H16O3S. The third kappa shape index (κ3) is 3.77. The molecule has 0 saturated carbocycles. The Morgan fingerprint density at radius 2 is 2.19 bits per heavy atom. The average molecular weight is 240 g/mol. The van der Waals surface area contributed by atoms with Crippen LogP contribution in [-0.2, 0) is 0 Å². The van der Waals surface area contributed by atoms with Gasteiger partial charge in [-0.2, -0.15) is 11.8 Å². The van der Waals surface area contributed by atoms with E-state index in [0.717, 1.165) is 18.5 Å². The SMILES string of the molecule is COc1cc(C=O)ccc1OCCCSC. The number of thioether (sulfide) groups is 1. The second-order valence-electron chi connectivity index (χ2n) is 3.22. The second kappa shape index (κ2) is 7.17. The van der Waals surface area contributed by atoms with Crippen molar-refractivity contribution in [3.8, 4) is 11.5 Å². The molecule has 0 aliphatic carbocycles. The Hall–Kier alpha value is -1.16. The van der Waals surface area contributed by atoms with Gasteiger partial charge in [-0.05, 0) is 36.6 Å². The number of hydrogen-bond donors (Lipinski definition) is 0. The summed E-state index contributed by atoms with van der Waals surface area (Å²) in [4.78, 5) is 10.6. The Morgan fingerprint density at radius 3 is 2.81 bits per heavy atom. The van der Waals surface area contributed by atoms with Crippen LogP contribution < -0.4 is 9.47 Å². The highest BCUT2D eigenvalue weighted by atomic mass is 32.2. The Balaban J connectivity index is 2.61. The first-order valence-electron chi connectivity index (χ1n) is 5.06. The molecule has 0 N–H and O–H groups in total. The van der Waals surface area contributed by atoms with Gasteiger partial charge >= 0.3 is 0 Å². The third-order valence-corrected chi connectivity index (χ3v) is 2.77. The fourth-order valence-electron chi connectivity index (χ4n) is 1.26. The van der Waals surface area contributed by atoms with Gasteiger partial charge in [0.1, 0.15) is 6.29 Å². The molecule has 0 heterocycles. The highest BCUT2D eigenvalue weighted by molar-refractivity contribution is 7.98. The fourth-order valence-corrected chi connectivity index (χ4v) is 1.67. The molecular weight excluding hydrogens is 224 g/mol. The molecule has 0 amide bonds. The zero-order valence-electron chi connectivity index (χ0n) is 9.56. The highest BCUT2D eigenvalue weighted by Gasteiger charge is 2.04. The van der Waals surface area contributed by atoms with Crippen LogP contribution in [0.4, 0.5) is 0 Å². The van der Waals surface area contributed by atoms with E-state index in [1.165, 1.54) is 0 Å². The van der Waals surface area contributed by atoms with E-state index in [9.17, 15) is 4.79 Å². The summed E-state index contributed by atoms with van der Waals surface area (Å²) in [6.07, 6.45) is 3.86. The third-order valence-electron chi connectivity index (χ3n) is 2.07. The number of carbonyl (C=O) groups is 1. The van der Waals surface area contributed by atoms with Crippen LogP contribution >= 0.6 is 11.8 Å². The van der Waals surface area contributed by atoms with Crippen LogP contribution in [0.15, 0.2) is 18.2 Å². The zero-order valence-corrected chi connectivity index (χ0v) is 10.4. The Labute approximate surface area is 100 Å². The van der Waals surface area contributed by atoms with Gasteiger partial charge in [0.2, 0.25) is 0 Å². The molecule has 0 atom stereocenters. The van der Waals surface area contributed by atoms with Crippen molar-refractivity contribution in [2.24, 2.45) is 0 Å².